The Hall–Kier alpha value is -2.39. The predicted molar refractivity (Wildman–Crippen MR) is 74.3 cm³/mol. The van der Waals surface area contributed by atoms with Crippen LogP contribution in [0.15, 0.2) is 33.9 Å². The van der Waals surface area contributed by atoms with Crippen molar-refractivity contribution in [2.45, 2.75) is 6.18 Å². The molecule has 0 spiro atoms. The number of nitrogens with zero attached hydrogens (tertiary/aromatic N) is 3. The fourth-order valence-corrected chi connectivity index (χ4v) is 1.99. The molecule has 2 aromatic carbocycles. The smallest absolute Gasteiger partial charge is 0.416 e. The van der Waals surface area contributed by atoms with Crippen LogP contribution in [0.1, 0.15) is 5.56 Å². The number of halogens is 7. The van der Waals surface area contributed by atoms with Crippen molar-refractivity contribution in [1.82, 2.24) is 0 Å². The summed E-state index contributed by atoms with van der Waals surface area (Å²) in [4.78, 5) is 2.44. The maximum atomic E-state index is 13.8. The van der Waals surface area contributed by atoms with Gasteiger partial charge in [-0.2, -0.15) is 13.2 Å². The second-order valence-corrected chi connectivity index (χ2v) is 5.15. The van der Waals surface area contributed by atoms with E-state index in [0.717, 1.165) is 6.07 Å². The Bertz CT molecular complexity index is 825. The van der Waals surface area contributed by atoms with Crippen LogP contribution in [0.3, 0.4) is 0 Å². The number of alkyl halides is 3. The van der Waals surface area contributed by atoms with E-state index in [0.29, 0.717) is 6.07 Å². The topological polar surface area (TPSA) is 58.0 Å². The molecule has 0 amide bonds. The van der Waals surface area contributed by atoms with Crippen LogP contribution < -0.4 is 4.74 Å². The molecule has 0 saturated heterocycles. The standard InChI is InChI=1S/C13H4BrF6N3O/c14-6-3-10(22-23-21)11(4-7(6)15)24-12-8(16)1-5(2-9(12)17)13(18,19)20/h1-4H. The Morgan fingerprint density at radius 3 is 2.08 bits per heavy atom. The number of benzene rings is 2. The molecule has 0 N–H and O–H groups in total. The second-order valence-electron chi connectivity index (χ2n) is 4.29. The van der Waals surface area contributed by atoms with E-state index in [4.69, 9.17) is 10.3 Å². The minimum atomic E-state index is -4.96. The zero-order valence-electron chi connectivity index (χ0n) is 11.2. The minimum Gasteiger partial charge on any atom is -0.451 e. The summed E-state index contributed by atoms with van der Waals surface area (Å²) in [5.41, 5.74) is 6.54. The van der Waals surface area contributed by atoms with Crippen molar-refractivity contribution < 1.29 is 31.1 Å². The van der Waals surface area contributed by atoms with Crippen LogP contribution >= 0.6 is 15.9 Å². The lowest BCUT2D eigenvalue weighted by molar-refractivity contribution is -0.138. The SMILES string of the molecule is [N-]=[N+]=Nc1cc(Br)c(F)cc1Oc1c(F)cc(C(F)(F)F)cc1F. The van der Waals surface area contributed by atoms with Gasteiger partial charge >= 0.3 is 6.18 Å². The lowest BCUT2D eigenvalue weighted by atomic mass is 10.2. The molecule has 126 valence electrons. The Morgan fingerprint density at radius 2 is 1.58 bits per heavy atom. The molecule has 0 heterocycles. The first kappa shape index (κ1) is 18.0. The average Bonchev–Trinajstić information content (AvgIpc) is 2.46. The van der Waals surface area contributed by atoms with Crippen LogP contribution in [0.5, 0.6) is 11.5 Å². The average molecular weight is 412 g/mol. The Kier molecular flexibility index (Phi) is 4.95. The Labute approximate surface area is 138 Å². The summed E-state index contributed by atoms with van der Waals surface area (Å²) in [7, 11) is 0. The van der Waals surface area contributed by atoms with Gasteiger partial charge in [0.05, 0.1) is 15.7 Å². The zero-order chi connectivity index (χ0) is 18.1. The molecule has 0 aromatic heterocycles. The van der Waals surface area contributed by atoms with Crippen LogP contribution in [-0.4, -0.2) is 0 Å². The highest BCUT2D eigenvalue weighted by Crippen LogP contribution is 2.39. The maximum Gasteiger partial charge on any atom is 0.416 e. The van der Waals surface area contributed by atoms with E-state index >= 15 is 0 Å². The van der Waals surface area contributed by atoms with Crippen molar-refractivity contribution in [2.24, 2.45) is 5.11 Å². The van der Waals surface area contributed by atoms with Gasteiger partial charge in [-0.05, 0) is 39.7 Å². The first-order valence-electron chi connectivity index (χ1n) is 5.91. The van der Waals surface area contributed by atoms with Gasteiger partial charge in [0, 0.05) is 11.0 Å². The van der Waals surface area contributed by atoms with Gasteiger partial charge in [0.2, 0.25) is 0 Å². The molecule has 4 nitrogen and oxygen atoms in total. The summed E-state index contributed by atoms with van der Waals surface area (Å²) >= 11 is 2.81. The third kappa shape index (κ3) is 3.74. The number of hydrogen-bond donors (Lipinski definition) is 0. The normalized spacial score (nSPS) is 11.1. The fraction of sp³-hybridized carbons (Fsp3) is 0.0769. The number of hydrogen-bond acceptors (Lipinski definition) is 2. The molecule has 0 aliphatic carbocycles. The van der Waals surface area contributed by atoms with E-state index in [-0.39, 0.29) is 22.3 Å². The van der Waals surface area contributed by atoms with Gasteiger partial charge in [0.1, 0.15) is 11.6 Å². The summed E-state index contributed by atoms with van der Waals surface area (Å²) in [5.74, 6) is -5.99. The highest BCUT2D eigenvalue weighted by Gasteiger charge is 2.33. The summed E-state index contributed by atoms with van der Waals surface area (Å²) in [6.45, 7) is 0. The zero-order valence-corrected chi connectivity index (χ0v) is 12.8. The molecule has 2 rings (SSSR count). The number of azide groups is 1. The molecular weight excluding hydrogens is 408 g/mol. The van der Waals surface area contributed by atoms with Crippen LogP contribution in [-0.2, 0) is 6.18 Å². The summed E-state index contributed by atoms with van der Waals surface area (Å²) in [6, 6.07) is 1.69. The molecule has 11 heteroatoms. The van der Waals surface area contributed by atoms with E-state index in [9.17, 15) is 26.3 Å². The van der Waals surface area contributed by atoms with Crippen molar-refractivity contribution in [3.05, 3.63) is 62.2 Å². The van der Waals surface area contributed by atoms with Crippen molar-refractivity contribution >= 4 is 21.6 Å². The lowest BCUT2D eigenvalue weighted by Gasteiger charge is -2.13. The summed E-state index contributed by atoms with van der Waals surface area (Å²) < 4.78 is 83.1. The van der Waals surface area contributed by atoms with Gasteiger partial charge in [0.25, 0.3) is 0 Å². The van der Waals surface area contributed by atoms with E-state index < -0.39 is 40.7 Å². The third-order valence-corrected chi connectivity index (χ3v) is 3.30. The molecule has 2 aromatic rings. The van der Waals surface area contributed by atoms with E-state index in [1.54, 1.807) is 0 Å². The van der Waals surface area contributed by atoms with E-state index in [1.165, 1.54) is 0 Å². The summed E-state index contributed by atoms with van der Waals surface area (Å²) in [6.07, 6.45) is -4.96. The largest absolute Gasteiger partial charge is 0.451 e. The van der Waals surface area contributed by atoms with Gasteiger partial charge in [-0.1, -0.05) is 5.11 Å². The Balaban J connectivity index is 2.53. The van der Waals surface area contributed by atoms with Crippen LogP contribution in [0.2, 0.25) is 0 Å². The third-order valence-electron chi connectivity index (χ3n) is 2.69. The van der Waals surface area contributed by atoms with Crippen LogP contribution in [0.4, 0.5) is 32.0 Å². The maximum absolute atomic E-state index is 13.8. The first-order valence-corrected chi connectivity index (χ1v) is 6.71. The van der Waals surface area contributed by atoms with E-state index in [2.05, 4.69) is 26.0 Å². The predicted octanol–water partition coefficient (Wildman–Crippen LogP) is 6.62. The number of rotatable bonds is 3. The lowest BCUT2D eigenvalue weighted by Crippen LogP contribution is -2.07. The van der Waals surface area contributed by atoms with Crippen LogP contribution in [0, 0.1) is 17.5 Å². The highest BCUT2D eigenvalue weighted by molar-refractivity contribution is 9.10. The van der Waals surface area contributed by atoms with Gasteiger partial charge < -0.3 is 4.74 Å². The van der Waals surface area contributed by atoms with E-state index in [1.807, 2.05) is 0 Å². The molecule has 0 aliphatic rings. The van der Waals surface area contributed by atoms with Gasteiger partial charge in [-0.25, -0.2) is 13.2 Å². The summed E-state index contributed by atoms with van der Waals surface area (Å²) in [5, 5.41) is 3.15. The van der Waals surface area contributed by atoms with Crippen LogP contribution in [0.25, 0.3) is 10.4 Å². The molecule has 0 atom stereocenters. The molecule has 0 radical (unpaired) electrons. The van der Waals surface area contributed by atoms with Gasteiger partial charge in [-0.3, -0.25) is 0 Å². The van der Waals surface area contributed by atoms with Crippen molar-refractivity contribution in [3.8, 4) is 11.5 Å². The van der Waals surface area contributed by atoms with Gasteiger partial charge in [0.15, 0.2) is 17.4 Å². The number of ether oxygens (including phenoxy) is 1. The van der Waals surface area contributed by atoms with Gasteiger partial charge in [-0.15, -0.1) is 0 Å². The van der Waals surface area contributed by atoms with Crippen molar-refractivity contribution in [3.63, 3.8) is 0 Å². The van der Waals surface area contributed by atoms with Crippen molar-refractivity contribution in [2.75, 3.05) is 0 Å². The molecule has 0 unspecified atom stereocenters. The van der Waals surface area contributed by atoms with Crippen molar-refractivity contribution in [1.29, 1.82) is 0 Å². The molecule has 0 aliphatic heterocycles. The fourth-order valence-electron chi connectivity index (χ4n) is 1.66. The quantitative estimate of drug-likeness (QED) is 0.242. The highest BCUT2D eigenvalue weighted by atomic mass is 79.9. The minimum absolute atomic E-state index is 0.0286. The molecule has 24 heavy (non-hydrogen) atoms. The monoisotopic (exact) mass is 411 g/mol. The Morgan fingerprint density at radius 1 is 1.00 bits per heavy atom. The molecular formula is C13H4BrF6N3O. The molecule has 0 saturated carbocycles. The first-order chi connectivity index (χ1) is 11.1. The second kappa shape index (κ2) is 6.62. The molecule has 0 fully saturated rings. The molecule has 0 bridgehead atoms.